The molecule has 0 aromatic carbocycles. The largest absolute Gasteiger partial charge is 0.294 e. The molecule has 0 N–H and O–H groups in total. The van der Waals surface area contributed by atoms with Crippen LogP contribution in [0.2, 0.25) is 0 Å². The van der Waals surface area contributed by atoms with Gasteiger partial charge in [-0.25, -0.2) is 9.50 Å². The molecule has 0 aliphatic rings. The molecular weight excluding hydrogens is 178 g/mol. The van der Waals surface area contributed by atoms with E-state index < -0.39 is 0 Å². The summed E-state index contributed by atoms with van der Waals surface area (Å²) in [6.45, 7) is 3.53. The van der Waals surface area contributed by atoms with Gasteiger partial charge in [-0.05, 0) is 19.1 Å². The van der Waals surface area contributed by atoms with Crippen molar-refractivity contribution in [2.75, 3.05) is 0 Å². The Kier molecular flexibility index (Phi) is 2.04. The SMILES string of the molecule is CCc1nc2c(C(C)=O)cccn2n1. The van der Waals surface area contributed by atoms with Crippen molar-refractivity contribution in [1.29, 1.82) is 0 Å². The van der Waals surface area contributed by atoms with Crippen molar-refractivity contribution in [2.24, 2.45) is 0 Å². The quantitative estimate of drug-likeness (QED) is 0.672. The molecule has 14 heavy (non-hydrogen) atoms. The summed E-state index contributed by atoms with van der Waals surface area (Å²) in [4.78, 5) is 15.6. The maximum Gasteiger partial charge on any atom is 0.166 e. The van der Waals surface area contributed by atoms with E-state index >= 15 is 0 Å². The molecule has 2 aromatic heterocycles. The number of ketones is 1. The molecule has 4 nitrogen and oxygen atoms in total. The van der Waals surface area contributed by atoms with Gasteiger partial charge in [-0.15, -0.1) is 0 Å². The predicted molar refractivity (Wildman–Crippen MR) is 52.4 cm³/mol. The van der Waals surface area contributed by atoms with Gasteiger partial charge in [-0.1, -0.05) is 6.92 Å². The minimum Gasteiger partial charge on any atom is -0.294 e. The maximum absolute atomic E-state index is 11.3. The first-order valence-corrected chi connectivity index (χ1v) is 4.57. The van der Waals surface area contributed by atoms with Crippen molar-refractivity contribution in [3.05, 3.63) is 29.7 Å². The molecule has 0 fully saturated rings. The first-order valence-electron chi connectivity index (χ1n) is 4.57. The summed E-state index contributed by atoms with van der Waals surface area (Å²) >= 11 is 0. The molecule has 2 aromatic rings. The van der Waals surface area contributed by atoms with Gasteiger partial charge in [0, 0.05) is 12.6 Å². The topological polar surface area (TPSA) is 47.3 Å². The third-order valence-corrected chi connectivity index (χ3v) is 2.10. The minimum absolute atomic E-state index is 0.0191. The van der Waals surface area contributed by atoms with E-state index in [1.165, 1.54) is 6.92 Å². The molecule has 0 atom stereocenters. The number of rotatable bonds is 2. The number of pyridine rings is 1. The minimum atomic E-state index is 0.0191. The lowest BCUT2D eigenvalue weighted by atomic mass is 10.2. The zero-order chi connectivity index (χ0) is 10.1. The fourth-order valence-corrected chi connectivity index (χ4v) is 1.38. The molecule has 2 rings (SSSR count). The van der Waals surface area contributed by atoms with Crippen LogP contribution >= 0.6 is 0 Å². The fraction of sp³-hybridized carbons (Fsp3) is 0.300. The third kappa shape index (κ3) is 1.28. The number of aryl methyl sites for hydroxylation is 1. The van der Waals surface area contributed by atoms with Crippen molar-refractivity contribution in [3.8, 4) is 0 Å². The molecule has 0 aliphatic carbocycles. The van der Waals surface area contributed by atoms with E-state index in [-0.39, 0.29) is 5.78 Å². The Labute approximate surface area is 81.6 Å². The number of hydrogen-bond acceptors (Lipinski definition) is 3. The van der Waals surface area contributed by atoms with Crippen LogP contribution in [0.1, 0.15) is 30.0 Å². The number of carbonyl (C=O) groups is 1. The van der Waals surface area contributed by atoms with Crippen molar-refractivity contribution in [2.45, 2.75) is 20.3 Å². The first-order chi connectivity index (χ1) is 6.72. The van der Waals surface area contributed by atoms with Crippen molar-refractivity contribution >= 4 is 11.4 Å². The van der Waals surface area contributed by atoms with E-state index in [1.807, 2.05) is 6.92 Å². The molecule has 0 unspecified atom stereocenters. The van der Waals surface area contributed by atoms with E-state index in [0.29, 0.717) is 11.2 Å². The molecule has 4 heteroatoms. The summed E-state index contributed by atoms with van der Waals surface area (Å²) in [5.41, 5.74) is 1.27. The number of aromatic nitrogens is 3. The molecular formula is C10H11N3O. The maximum atomic E-state index is 11.3. The molecule has 0 amide bonds. The Bertz CT molecular complexity index is 487. The second kappa shape index (κ2) is 3.21. The summed E-state index contributed by atoms with van der Waals surface area (Å²) in [6.07, 6.45) is 2.58. The Hall–Kier alpha value is -1.71. The van der Waals surface area contributed by atoms with Gasteiger partial charge in [-0.3, -0.25) is 4.79 Å². The predicted octanol–water partition coefficient (Wildman–Crippen LogP) is 1.49. The summed E-state index contributed by atoms with van der Waals surface area (Å²) in [6, 6.07) is 3.57. The second-order valence-corrected chi connectivity index (χ2v) is 3.13. The lowest BCUT2D eigenvalue weighted by Crippen LogP contribution is -1.97. The average Bonchev–Trinajstić information content (AvgIpc) is 2.59. The second-order valence-electron chi connectivity index (χ2n) is 3.13. The molecule has 72 valence electrons. The first kappa shape index (κ1) is 8.87. The van der Waals surface area contributed by atoms with Crippen LogP contribution in [0.25, 0.3) is 5.65 Å². The van der Waals surface area contributed by atoms with Crippen LogP contribution in [-0.4, -0.2) is 20.4 Å². The molecule has 0 saturated heterocycles. The Morgan fingerprint density at radius 2 is 2.36 bits per heavy atom. The number of carbonyl (C=O) groups excluding carboxylic acids is 1. The van der Waals surface area contributed by atoms with Crippen LogP contribution in [-0.2, 0) is 6.42 Å². The van der Waals surface area contributed by atoms with Gasteiger partial charge in [0.25, 0.3) is 0 Å². The van der Waals surface area contributed by atoms with E-state index in [2.05, 4.69) is 10.1 Å². The lowest BCUT2D eigenvalue weighted by molar-refractivity contribution is 0.101. The molecule has 0 radical (unpaired) electrons. The van der Waals surface area contributed by atoms with Gasteiger partial charge in [0.1, 0.15) is 0 Å². The van der Waals surface area contributed by atoms with Gasteiger partial charge in [0.05, 0.1) is 5.56 Å². The molecule has 0 aliphatic heterocycles. The van der Waals surface area contributed by atoms with Gasteiger partial charge in [0.15, 0.2) is 17.3 Å². The molecule has 0 bridgehead atoms. The smallest absolute Gasteiger partial charge is 0.166 e. The Morgan fingerprint density at radius 1 is 1.57 bits per heavy atom. The van der Waals surface area contributed by atoms with Crippen LogP contribution < -0.4 is 0 Å². The Morgan fingerprint density at radius 3 is 3.00 bits per heavy atom. The van der Waals surface area contributed by atoms with Gasteiger partial charge in [-0.2, -0.15) is 5.10 Å². The molecule has 2 heterocycles. The highest BCUT2D eigenvalue weighted by Gasteiger charge is 2.09. The lowest BCUT2D eigenvalue weighted by Gasteiger charge is -1.95. The number of fused-ring (bicyclic) bond motifs is 1. The third-order valence-electron chi connectivity index (χ3n) is 2.10. The van der Waals surface area contributed by atoms with E-state index in [0.717, 1.165) is 12.2 Å². The molecule has 0 spiro atoms. The normalized spacial score (nSPS) is 10.7. The van der Waals surface area contributed by atoms with Crippen LogP contribution in [0.4, 0.5) is 0 Å². The van der Waals surface area contributed by atoms with E-state index in [1.54, 1.807) is 22.8 Å². The van der Waals surface area contributed by atoms with E-state index in [4.69, 9.17) is 0 Å². The van der Waals surface area contributed by atoms with Crippen LogP contribution in [0.15, 0.2) is 18.3 Å². The van der Waals surface area contributed by atoms with Crippen molar-refractivity contribution < 1.29 is 4.79 Å². The van der Waals surface area contributed by atoms with Crippen LogP contribution in [0.5, 0.6) is 0 Å². The summed E-state index contributed by atoms with van der Waals surface area (Å²) < 4.78 is 1.65. The zero-order valence-electron chi connectivity index (χ0n) is 8.19. The van der Waals surface area contributed by atoms with Crippen molar-refractivity contribution in [1.82, 2.24) is 14.6 Å². The van der Waals surface area contributed by atoms with E-state index in [9.17, 15) is 4.79 Å². The van der Waals surface area contributed by atoms with Gasteiger partial charge >= 0.3 is 0 Å². The van der Waals surface area contributed by atoms with Crippen LogP contribution in [0.3, 0.4) is 0 Å². The standard InChI is InChI=1S/C10H11N3O/c1-3-9-11-10-8(7(2)14)5-4-6-13(10)12-9/h4-6H,3H2,1-2H3. The average molecular weight is 189 g/mol. The number of hydrogen-bond donors (Lipinski definition) is 0. The van der Waals surface area contributed by atoms with Crippen molar-refractivity contribution in [3.63, 3.8) is 0 Å². The highest BCUT2D eigenvalue weighted by atomic mass is 16.1. The highest BCUT2D eigenvalue weighted by Crippen LogP contribution is 2.09. The summed E-state index contributed by atoms with van der Waals surface area (Å²) in [5.74, 6) is 0.782. The highest BCUT2D eigenvalue weighted by molar-refractivity contribution is 5.99. The summed E-state index contributed by atoms with van der Waals surface area (Å²) in [5, 5.41) is 4.23. The number of nitrogens with zero attached hydrogens (tertiary/aromatic N) is 3. The fourth-order valence-electron chi connectivity index (χ4n) is 1.38. The summed E-state index contributed by atoms with van der Waals surface area (Å²) in [7, 11) is 0. The zero-order valence-corrected chi connectivity index (χ0v) is 8.19. The number of Topliss-reactive ketones (excluding diaryl/α,β-unsaturated/α-hetero) is 1. The van der Waals surface area contributed by atoms with Gasteiger partial charge in [0.2, 0.25) is 0 Å². The molecule has 0 saturated carbocycles. The monoisotopic (exact) mass is 189 g/mol. The Balaban J connectivity index is 2.73. The van der Waals surface area contributed by atoms with Gasteiger partial charge < -0.3 is 0 Å². The van der Waals surface area contributed by atoms with Crippen LogP contribution in [0, 0.1) is 0 Å².